The highest BCUT2D eigenvalue weighted by Gasteiger charge is 2.23. The zero-order chi connectivity index (χ0) is 17.2. The van der Waals surface area contributed by atoms with E-state index in [1.807, 2.05) is 25.4 Å². The average Bonchev–Trinajstić information content (AvgIpc) is 3.06. The van der Waals surface area contributed by atoms with Crippen molar-refractivity contribution in [2.75, 3.05) is 24.6 Å². The number of aliphatic hydroxyl groups excluding tert-OH is 1. The molecule has 1 aliphatic rings. The number of H-pyrrole nitrogens is 1. The van der Waals surface area contributed by atoms with Crippen LogP contribution in [0.5, 0.6) is 0 Å². The van der Waals surface area contributed by atoms with Crippen LogP contribution < -0.4 is 4.90 Å². The molecule has 1 atom stereocenters. The Hall–Kier alpha value is -2.47. The number of pyridine rings is 1. The highest BCUT2D eigenvalue weighted by atomic mass is 16.3. The summed E-state index contributed by atoms with van der Waals surface area (Å²) in [6.07, 6.45) is 8.86. The van der Waals surface area contributed by atoms with Gasteiger partial charge in [-0.25, -0.2) is 15.0 Å². The highest BCUT2D eigenvalue weighted by molar-refractivity contribution is 6.01. The van der Waals surface area contributed by atoms with Crippen LogP contribution >= 0.6 is 0 Å². The molecule has 6 heteroatoms. The SMILES string of the molecule is Cc1nccc(-c2c[nH]c3nccc(N4CCCC(CCO)C4)c23)n1. The molecule has 0 amide bonds. The number of aromatic amines is 1. The molecule has 1 saturated heterocycles. The molecule has 0 bridgehead atoms. The molecule has 3 aromatic heterocycles. The minimum Gasteiger partial charge on any atom is -0.396 e. The number of hydrogen-bond acceptors (Lipinski definition) is 5. The minimum absolute atomic E-state index is 0.264. The quantitative estimate of drug-likeness (QED) is 0.765. The molecule has 6 nitrogen and oxygen atoms in total. The van der Waals surface area contributed by atoms with Gasteiger partial charge in [-0.3, -0.25) is 0 Å². The number of nitrogens with zero attached hydrogens (tertiary/aromatic N) is 4. The van der Waals surface area contributed by atoms with Crippen molar-refractivity contribution in [2.45, 2.75) is 26.2 Å². The Morgan fingerprint density at radius 3 is 3.00 bits per heavy atom. The van der Waals surface area contributed by atoms with E-state index in [-0.39, 0.29) is 6.61 Å². The number of hydrogen-bond donors (Lipinski definition) is 2. The van der Waals surface area contributed by atoms with Crippen molar-refractivity contribution in [3.8, 4) is 11.3 Å². The summed E-state index contributed by atoms with van der Waals surface area (Å²) in [5.41, 5.74) is 4.05. The fourth-order valence-corrected chi connectivity index (χ4v) is 3.81. The molecule has 4 heterocycles. The predicted octanol–water partition coefficient (Wildman–Crippen LogP) is 2.93. The first kappa shape index (κ1) is 16.0. The Bertz CT molecular complexity index is 873. The van der Waals surface area contributed by atoms with Gasteiger partial charge in [0.1, 0.15) is 11.5 Å². The van der Waals surface area contributed by atoms with Gasteiger partial charge in [0.25, 0.3) is 0 Å². The molecule has 2 N–H and O–H groups in total. The van der Waals surface area contributed by atoms with Gasteiger partial charge in [0.15, 0.2) is 0 Å². The molecule has 0 aliphatic carbocycles. The number of aromatic nitrogens is 4. The van der Waals surface area contributed by atoms with Crippen LogP contribution in [-0.2, 0) is 0 Å². The van der Waals surface area contributed by atoms with Crippen LogP contribution in [0, 0.1) is 12.8 Å². The highest BCUT2D eigenvalue weighted by Crippen LogP contribution is 2.36. The summed E-state index contributed by atoms with van der Waals surface area (Å²) in [6, 6.07) is 4.03. The smallest absolute Gasteiger partial charge is 0.140 e. The van der Waals surface area contributed by atoms with Crippen molar-refractivity contribution in [3.63, 3.8) is 0 Å². The molecule has 25 heavy (non-hydrogen) atoms. The Morgan fingerprint density at radius 1 is 1.28 bits per heavy atom. The van der Waals surface area contributed by atoms with Gasteiger partial charge in [-0.05, 0) is 44.2 Å². The number of rotatable bonds is 4. The summed E-state index contributed by atoms with van der Waals surface area (Å²) in [4.78, 5) is 19.0. The maximum Gasteiger partial charge on any atom is 0.140 e. The standard InChI is InChI=1S/C19H23N5O/c1-13-20-7-4-16(23-13)15-11-22-19-18(15)17(5-8-21-19)24-9-2-3-14(12-24)6-10-25/h4-5,7-8,11,14,25H,2-3,6,9-10,12H2,1H3,(H,21,22). The molecule has 1 fully saturated rings. The van der Waals surface area contributed by atoms with Crippen molar-refractivity contribution in [3.05, 3.63) is 36.5 Å². The molecule has 1 unspecified atom stereocenters. The van der Waals surface area contributed by atoms with E-state index in [0.717, 1.165) is 54.0 Å². The van der Waals surface area contributed by atoms with E-state index in [4.69, 9.17) is 0 Å². The lowest BCUT2D eigenvalue weighted by molar-refractivity contribution is 0.244. The first-order chi connectivity index (χ1) is 12.3. The van der Waals surface area contributed by atoms with E-state index in [0.29, 0.717) is 5.92 Å². The maximum absolute atomic E-state index is 9.29. The van der Waals surface area contributed by atoms with Crippen LogP contribution in [0.2, 0.25) is 0 Å². The minimum atomic E-state index is 0.264. The van der Waals surface area contributed by atoms with Crippen LogP contribution in [0.25, 0.3) is 22.3 Å². The van der Waals surface area contributed by atoms with Crippen LogP contribution in [0.4, 0.5) is 5.69 Å². The molecule has 1 aliphatic heterocycles. The maximum atomic E-state index is 9.29. The second kappa shape index (κ2) is 6.80. The van der Waals surface area contributed by atoms with Crippen LogP contribution in [-0.4, -0.2) is 44.7 Å². The van der Waals surface area contributed by atoms with Gasteiger partial charge < -0.3 is 15.0 Å². The Balaban J connectivity index is 1.78. The van der Waals surface area contributed by atoms with E-state index >= 15 is 0 Å². The largest absolute Gasteiger partial charge is 0.396 e. The summed E-state index contributed by atoms with van der Waals surface area (Å²) >= 11 is 0. The number of aliphatic hydroxyl groups is 1. The van der Waals surface area contributed by atoms with Crippen molar-refractivity contribution in [1.29, 1.82) is 0 Å². The van der Waals surface area contributed by atoms with Gasteiger partial charge in [0.05, 0.1) is 11.1 Å². The van der Waals surface area contributed by atoms with Crippen molar-refractivity contribution >= 4 is 16.7 Å². The molecule has 0 saturated carbocycles. The molecule has 0 radical (unpaired) electrons. The van der Waals surface area contributed by atoms with Crippen molar-refractivity contribution in [2.24, 2.45) is 5.92 Å². The van der Waals surface area contributed by atoms with Gasteiger partial charge in [-0.15, -0.1) is 0 Å². The third kappa shape index (κ3) is 3.09. The normalized spacial score (nSPS) is 18.0. The van der Waals surface area contributed by atoms with Gasteiger partial charge in [0.2, 0.25) is 0 Å². The lowest BCUT2D eigenvalue weighted by Crippen LogP contribution is -2.35. The first-order valence-corrected chi connectivity index (χ1v) is 8.88. The van der Waals surface area contributed by atoms with E-state index in [1.54, 1.807) is 6.20 Å². The molecule has 4 rings (SSSR count). The lowest BCUT2D eigenvalue weighted by atomic mass is 9.94. The van der Waals surface area contributed by atoms with Gasteiger partial charge in [-0.2, -0.15) is 0 Å². The zero-order valence-electron chi connectivity index (χ0n) is 14.4. The predicted molar refractivity (Wildman–Crippen MR) is 98.5 cm³/mol. The van der Waals surface area contributed by atoms with Crippen molar-refractivity contribution < 1.29 is 5.11 Å². The summed E-state index contributed by atoms with van der Waals surface area (Å²) in [5.74, 6) is 1.31. The van der Waals surface area contributed by atoms with Gasteiger partial charge >= 0.3 is 0 Å². The second-order valence-electron chi connectivity index (χ2n) is 6.71. The third-order valence-corrected chi connectivity index (χ3v) is 5.00. The van der Waals surface area contributed by atoms with Crippen LogP contribution in [0.15, 0.2) is 30.7 Å². The molecular weight excluding hydrogens is 314 g/mol. The van der Waals surface area contributed by atoms with Crippen molar-refractivity contribution in [1.82, 2.24) is 19.9 Å². The lowest BCUT2D eigenvalue weighted by Gasteiger charge is -2.34. The summed E-state index contributed by atoms with van der Waals surface area (Å²) < 4.78 is 0. The number of fused-ring (bicyclic) bond motifs is 1. The molecule has 0 spiro atoms. The molecule has 0 aromatic carbocycles. The Kier molecular flexibility index (Phi) is 4.36. The fourth-order valence-electron chi connectivity index (χ4n) is 3.81. The topological polar surface area (TPSA) is 77.9 Å². The van der Waals surface area contributed by atoms with Crippen LogP contribution in [0.3, 0.4) is 0 Å². The fraction of sp³-hybridized carbons (Fsp3) is 0.421. The van der Waals surface area contributed by atoms with Crippen LogP contribution in [0.1, 0.15) is 25.1 Å². The third-order valence-electron chi connectivity index (χ3n) is 5.00. The number of aryl methyl sites for hydroxylation is 1. The Morgan fingerprint density at radius 2 is 2.16 bits per heavy atom. The first-order valence-electron chi connectivity index (χ1n) is 8.88. The zero-order valence-corrected chi connectivity index (χ0v) is 14.4. The Labute approximate surface area is 147 Å². The van der Waals surface area contributed by atoms with E-state index in [1.165, 1.54) is 12.1 Å². The molecule has 130 valence electrons. The summed E-state index contributed by atoms with van der Waals surface area (Å²) in [6.45, 7) is 4.18. The molecular formula is C19H23N5O. The van der Waals surface area contributed by atoms with Gasteiger partial charge in [-0.1, -0.05) is 0 Å². The molecule has 3 aromatic rings. The van der Waals surface area contributed by atoms with Gasteiger partial charge in [0, 0.05) is 49.5 Å². The second-order valence-corrected chi connectivity index (χ2v) is 6.71. The van der Waals surface area contributed by atoms with E-state index in [9.17, 15) is 5.11 Å². The monoisotopic (exact) mass is 337 g/mol. The summed E-state index contributed by atoms with van der Waals surface area (Å²) in [7, 11) is 0. The number of nitrogens with one attached hydrogen (secondary N) is 1. The number of piperidine rings is 1. The van der Waals surface area contributed by atoms with E-state index < -0.39 is 0 Å². The number of anilines is 1. The average molecular weight is 337 g/mol. The summed E-state index contributed by atoms with van der Waals surface area (Å²) in [5, 5.41) is 10.4. The van der Waals surface area contributed by atoms with E-state index in [2.05, 4.69) is 30.9 Å².